The average molecular weight is 459 g/mol. The van der Waals surface area contributed by atoms with Crippen LogP contribution in [0, 0.1) is 0 Å². The molecule has 0 aliphatic heterocycles. The quantitative estimate of drug-likeness (QED) is 0.161. The van der Waals surface area contributed by atoms with E-state index in [0.717, 1.165) is 32.5 Å². The topological polar surface area (TPSA) is 88.1 Å². The molecule has 0 saturated carbocycles. The molecule has 7 heteroatoms. The van der Waals surface area contributed by atoms with Crippen LogP contribution in [0.25, 0.3) is 0 Å². The zero-order valence-electron chi connectivity index (χ0n) is 21.0. The summed E-state index contributed by atoms with van der Waals surface area (Å²) in [7, 11) is 0. The molecular formula is C25H50N2O5. The highest BCUT2D eigenvalue weighted by molar-refractivity contribution is 5.81. The van der Waals surface area contributed by atoms with Gasteiger partial charge in [0.05, 0.1) is 13.0 Å². The van der Waals surface area contributed by atoms with Crippen LogP contribution in [0.2, 0.25) is 0 Å². The van der Waals surface area contributed by atoms with Crippen molar-refractivity contribution in [2.24, 2.45) is 0 Å². The zero-order chi connectivity index (χ0) is 23.9. The Hall–Kier alpha value is -1.18. The smallest absolute Gasteiger partial charge is 0.321 e. The van der Waals surface area contributed by atoms with Crippen LogP contribution in [0.5, 0.6) is 0 Å². The van der Waals surface area contributed by atoms with Crippen LogP contribution >= 0.6 is 0 Å². The van der Waals surface area contributed by atoms with Gasteiger partial charge in [-0.3, -0.25) is 9.59 Å². The van der Waals surface area contributed by atoms with Crippen molar-refractivity contribution in [3.63, 3.8) is 0 Å². The normalized spacial score (nSPS) is 12.2. The van der Waals surface area contributed by atoms with Crippen molar-refractivity contribution in [1.29, 1.82) is 0 Å². The monoisotopic (exact) mass is 458 g/mol. The van der Waals surface area contributed by atoms with Crippen molar-refractivity contribution in [2.45, 2.75) is 104 Å². The predicted octanol–water partition coefficient (Wildman–Crippen LogP) is 4.63. The number of aliphatic carboxylic acids is 1. The number of nitrogens with zero attached hydrogens (tertiary/aromatic N) is 1. The first-order chi connectivity index (χ1) is 15.5. The second-order valence-corrected chi connectivity index (χ2v) is 8.55. The summed E-state index contributed by atoms with van der Waals surface area (Å²) in [6.45, 7) is 11.5. The number of esters is 1. The van der Waals surface area contributed by atoms with Gasteiger partial charge in [0.15, 0.2) is 0 Å². The maximum Gasteiger partial charge on any atom is 0.321 e. The van der Waals surface area contributed by atoms with Crippen LogP contribution < -0.4 is 5.32 Å². The molecule has 0 aromatic carbocycles. The molecule has 2 N–H and O–H groups in total. The molecule has 0 aliphatic carbocycles. The van der Waals surface area contributed by atoms with Gasteiger partial charge in [0.25, 0.3) is 0 Å². The Labute approximate surface area is 196 Å². The molecule has 0 radical (unpaired) electrons. The Kier molecular flexibility index (Phi) is 22.1. The van der Waals surface area contributed by atoms with E-state index >= 15 is 0 Å². The van der Waals surface area contributed by atoms with E-state index < -0.39 is 18.0 Å². The summed E-state index contributed by atoms with van der Waals surface area (Å²) in [5, 5.41) is 12.4. The van der Waals surface area contributed by atoms with Gasteiger partial charge in [0.1, 0.15) is 12.6 Å². The van der Waals surface area contributed by atoms with Crippen LogP contribution in [0.3, 0.4) is 0 Å². The van der Waals surface area contributed by atoms with Crippen LogP contribution in [0.1, 0.15) is 97.8 Å². The second-order valence-electron chi connectivity index (χ2n) is 8.55. The number of unbranched alkanes of at least 4 members (excludes halogenated alkanes) is 7. The predicted molar refractivity (Wildman–Crippen MR) is 130 cm³/mol. The van der Waals surface area contributed by atoms with Crippen molar-refractivity contribution < 1.29 is 24.2 Å². The molecule has 1 unspecified atom stereocenters. The first kappa shape index (κ1) is 30.8. The highest BCUT2D eigenvalue weighted by Gasteiger charge is 2.21. The third-order valence-electron chi connectivity index (χ3n) is 5.50. The summed E-state index contributed by atoms with van der Waals surface area (Å²) < 4.78 is 10.6. The molecule has 7 nitrogen and oxygen atoms in total. The number of carboxylic acids is 1. The van der Waals surface area contributed by atoms with Crippen molar-refractivity contribution in [1.82, 2.24) is 10.2 Å². The summed E-state index contributed by atoms with van der Waals surface area (Å²) in [5.41, 5.74) is 0. The highest BCUT2D eigenvalue weighted by Crippen LogP contribution is 2.05. The minimum Gasteiger partial charge on any atom is -0.480 e. The molecule has 1 atom stereocenters. The fourth-order valence-electron chi connectivity index (χ4n) is 3.45. The SMILES string of the molecule is CCCCCCCCOCCOC(=O)CC(NCCCN(CCCC)CCCC)C(=O)O. The Morgan fingerprint density at radius 2 is 1.38 bits per heavy atom. The lowest BCUT2D eigenvalue weighted by molar-refractivity contribution is -0.150. The van der Waals surface area contributed by atoms with E-state index in [-0.39, 0.29) is 13.0 Å². The van der Waals surface area contributed by atoms with E-state index in [1.165, 1.54) is 57.8 Å². The molecule has 0 bridgehead atoms. The Morgan fingerprint density at radius 3 is 2.00 bits per heavy atom. The van der Waals surface area contributed by atoms with E-state index in [4.69, 9.17) is 9.47 Å². The van der Waals surface area contributed by atoms with Gasteiger partial charge in [-0.15, -0.1) is 0 Å². The maximum absolute atomic E-state index is 12.0. The molecule has 0 aliphatic rings. The standard InChI is InChI=1S/C25H50N2O5/c1-4-7-10-11-12-13-19-31-20-21-32-24(28)22-23(25(29)30)26-15-14-18-27(16-8-5-2)17-9-6-3/h23,26H,4-22H2,1-3H3,(H,29,30). The highest BCUT2D eigenvalue weighted by atomic mass is 16.6. The number of carboxylic acid groups (broad SMARTS) is 1. The van der Waals surface area contributed by atoms with Gasteiger partial charge in [-0.05, 0) is 51.9 Å². The minimum absolute atomic E-state index is 0.165. The van der Waals surface area contributed by atoms with Gasteiger partial charge >= 0.3 is 11.9 Å². The Bertz CT molecular complexity index is 440. The van der Waals surface area contributed by atoms with E-state index in [2.05, 4.69) is 31.0 Å². The molecule has 0 heterocycles. The van der Waals surface area contributed by atoms with Crippen LogP contribution in [0.15, 0.2) is 0 Å². The van der Waals surface area contributed by atoms with Crippen LogP contribution in [0.4, 0.5) is 0 Å². The van der Waals surface area contributed by atoms with Crippen LogP contribution in [-0.4, -0.2) is 74.0 Å². The number of carbonyl (C=O) groups is 2. The third kappa shape index (κ3) is 19.5. The molecule has 0 amide bonds. The summed E-state index contributed by atoms with van der Waals surface area (Å²) in [6.07, 6.45) is 12.7. The van der Waals surface area contributed by atoms with Gasteiger partial charge in [0.2, 0.25) is 0 Å². The Morgan fingerprint density at radius 1 is 0.781 bits per heavy atom. The number of hydrogen-bond donors (Lipinski definition) is 2. The molecule has 0 saturated heterocycles. The second kappa shape index (κ2) is 23.0. The van der Waals surface area contributed by atoms with Gasteiger partial charge in [-0.2, -0.15) is 0 Å². The number of rotatable bonds is 24. The number of hydrogen-bond acceptors (Lipinski definition) is 6. The number of nitrogens with one attached hydrogen (secondary N) is 1. The molecule has 0 spiro atoms. The number of carbonyl (C=O) groups excluding carboxylic acids is 1. The third-order valence-corrected chi connectivity index (χ3v) is 5.50. The lowest BCUT2D eigenvalue weighted by Gasteiger charge is -2.22. The van der Waals surface area contributed by atoms with Crippen molar-refractivity contribution in [3.8, 4) is 0 Å². The number of ether oxygens (including phenoxy) is 2. The molecule has 32 heavy (non-hydrogen) atoms. The largest absolute Gasteiger partial charge is 0.480 e. The van der Waals surface area contributed by atoms with Crippen molar-refractivity contribution >= 4 is 11.9 Å². The maximum atomic E-state index is 12.0. The average Bonchev–Trinajstić information content (AvgIpc) is 2.78. The molecular weight excluding hydrogens is 408 g/mol. The van der Waals surface area contributed by atoms with E-state index in [9.17, 15) is 14.7 Å². The van der Waals surface area contributed by atoms with Gasteiger partial charge in [0, 0.05) is 6.61 Å². The molecule has 190 valence electrons. The lowest BCUT2D eigenvalue weighted by Crippen LogP contribution is -2.40. The fourth-order valence-corrected chi connectivity index (χ4v) is 3.45. The van der Waals surface area contributed by atoms with Crippen molar-refractivity contribution in [2.75, 3.05) is 46.0 Å². The van der Waals surface area contributed by atoms with Gasteiger partial charge in [-0.25, -0.2) is 0 Å². The van der Waals surface area contributed by atoms with E-state index in [1.54, 1.807) is 0 Å². The molecule has 0 fully saturated rings. The zero-order valence-corrected chi connectivity index (χ0v) is 21.0. The lowest BCUT2D eigenvalue weighted by atomic mass is 10.1. The molecule has 0 aromatic rings. The molecule has 0 aromatic heterocycles. The van der Waals surface area contributed by atoms with Crippen molar-refractivity contribution in [3.05, 3.63) is 0 Å². The summed E-state index contributed by atoms with van der Waals surface area (Å²) in [6, 6.07) is -0.911. The van der Waals surface area contributed by atoms with Crippen LogP contribution in [-0.2, 0) is 19.1 Å². The summed E-state index contributed by atoms with van der Waals surface area (Å²) >= 11 is 0. The summed E-state index contributed by atoms with van der Waals surface area (Å²) in [4.78, 5) is 25.9. The van der Waals surface area contributed by atoms with Gasteiger partial charge < -0.3 is 24.8 Å². The van der Waals surface area contributed by atoms with E-state index in [0.29, 0.717) is 19.8 Å². The molecule has 0 rings (SSSR count). The summed E-state index contributed by atoms with van der Waals surface area (Å²) in [5.74, 6) is -1.52. The van der Waals surface area contributed by atoms with E-state index in [1.807, 2.05) is 0 Å². The first-order valence-corrected chi connectivity index (χ1v) is 13.0. The Balaban J connectivity index is 3.92. The van der Waals surface area contributed by atoms with Gasteiger partial charge in [-0.1, -0.05) is 65.7 Å². The minimum atomic E-state index is -1.02. The first-order valence-electron chi connectivity index (χ1n) is 13.0. The fraction of sp³-hybridized carbons (Fsp3) is 0.920.